The Hall–Kier alpha value is -1.77. The molecular formula is C13H17NO2. The quantitative estimate of drug-likeness (QED) is 0.401. The van der Waals surface area contributed by atoms with Crippen molar-refractivity contribution in [3.63, 3.8) is 0 Å². The van der Waals surface area contributed by atoms with E-state index in [-0.39, 0.29) is 0 Å². The molecule has 0 aliphatic rings. The number of rotatable bonds is 7. The largest absolute Gasteiger partial charge is 0.494 e. The van der Waals surface area contributed by atoms with Gasteiger partial charge in [-0.2, -0.15) is 0 Å². The molecule has 1 rings (SSSR count). The summed E-state index contributed by atoms with van der Waals surface area (Å²) in [5.41, 5.74) is 0.846. The molecule has 1 aromatic carbocycles. The molecule has 0 N–H and O–H groups in total. The van der Waals surface area contributed by atoms with Crippen molar-refractivity contribution in [2.45, 2.75) is 12.8 Å². The van der Waals surface area contributed by atoms with E-state index in [2.05, 4.69) is 16.6 Å². The maximum absolute atomic E-state index is 5.55. The van der Waals surface area contributed by atoms with Crippen LogP contribution in [-0.4, -0.2) is 19.4 Å². The first-order valence-corrected chi connectivity index (χ1v) is 5.27. The molecule has 0 bridgehead atoms. The standard InChI is InChI=1S/C13H17NO2/c1-3-12(14-15-2)8-7-11-16-13-9-5-4-6-10-13/h3-6,9-10H,1,7-8,11H2,2H3/b14-12+. The average Bonchev–Trinajstić information content (AvgIpc) is 2.34. The maximum atomic E-state index is 5.55. The molecule has 0 aliphatic carbocycles. The molecule has 0 fully saturated rings. The third-order valence-electron chi connectivity index (χ3n) is 2.03. The minimum absolute atomic E-state index is 0.667. The van der Waals surface area contributed by atoms with E-state index in [9.17, 15) is 0 Å². The molecule has 0 saturated heterocycles. The zero-order valence-corrected chi connectivity index (χ0v) is 9.56. The van der Waals surface area contributed by atoms with E-state index in [1.807, 2.05) is 30.3 Å². The third-order valence-corrected chi connectivity index (χ3v) is 2.03. The molecule has 3 heteroatoms. The van der Waals surface area contributed by atoms with Gasteiger partial charge < -0.3 is 9.57 Å². The molecular weight excluding hydrogens is 202 g/mol. The highest BCUT2D eigenvalue weighted by molar-refractivity contribution is 5.93. The Labute approximate surface area is 96.4 Å². The normalized spacial score (nSPS) is 10.9. The summed E-state index contributed by atoms with van der Waals surface area (Å²) in [5.74, 6) is 0.895. The molecule has 0 heterocycles. The van der Waals surface area contributed by atoms with E-state index in [4.69, 9.17) is 4.74 Å². The lowest BCUT2D eigenvalue weighted by atomic mass is 10.2. The topological polar surface area (TPSA) is 30.8 Å². The second-order valence-electron chi connectivity index (χ2n) is 3.23. The number of nitrogens with zero attached hydrogens (tertiary/aromatic N) is 1. The highest BCUT2D eigenvalue weighted by Gasteiger charge is 1.96. The second-order valence-corrected chi connectivity index (χ2v) is 3.23. The fourth-order valence-corrected chi connectivity index (χ4v) is 1.26. The summed E-state index contributed by atoms with van der Waals surface area (Å²) in [4.78, 5) is 4.69. The van der Waals surface area contributed by atoms with Gasteiger partial charge in [-0.3, -0.25) is 0 Å². The molecule has 0 amide bonds. The van der Waals surface area contributed by atoms with Gasteiger partial charge in [0, 0.05) is 0 Å². The minimum atomic E-state index is 0.667. The first kappa shape index (κ1) is 12.3. The predicted molar refractivity (Wildman–Crippen MR) is 65.8 cm³/mol. The lowest BCUT2D eigenvalue weighted by Crippen LogP contribution is -2.01. The first-order valence-electron chi connectivity index (χ1n) is 5.27. The van der Waals surface area contributed by atoms with Crippen molar-refractivity contribution in [2.75, 3.05) is 13.7 Å². The van der Waals surface area contributed by atoms with Crippen LogP contribution in [0.1, 0.15) is 12.8 Å². The van der Waals surface area contributed by atoms with Gasteiger partial charge >= 0.3 is 0 Å². The molecule has 0 unspecified atom stereocenters. The van der Waals surface area contributed by atoms with Crippen LogP contribution in [0.2, 0.25) is 0 Å². The zero-order valence-electron chi connectivity index (χ0n) is 9.56. The van der Waals surface area contributed by atoms with Crippen LogP contribution in [0.5, 0.6) is 5.75 Å². The summed E-state index contributed by atoms with van der Waals surface area (Å²) in [6, 6.07) is 9.76. The van der Waals surface area contributed by atoms with Crippen molar-refractivity contribution in [1.82, 2.24) is 0 Å². The molecule has 3 nitrogen and oxygen atoms in total. The Morgan fingerprint density at radius 3 is 2.75 bits per heavy atom. The summed E-state index contributed by atoms with van der Waals surface area (Å²) in [7, 11) is 1.53. The van der Waals surface area contributed by atoms with Gasteiger partial charge in [-0.25, -0.2) is 0 Å². The monoisotopic (exact) mass is 219 g/mol. The third kappa shape index (κ3) is 4.64. The highest BCUT2D eigenvalue weighted by Crippen LogP contribution is 2.09. The van der Waals surface area contributed by atoms with Crippen LogP contribution in [0.15, 0.2) is 48.1 Å². The van der Waals surface area contributed by atoms with E-state index in [0.29, 0.717) is 6.61 Å². The Morgan fingerprint density at radius 1 is 1.38 bits per heavy atom. The van der Waals surface area contributed by atoms with Gasteiger partial charge in [-0.1, -0.05) is 29.9 Å². The predicted octanol–water partition coefficient (Wildman–Crippen LogP) is 3.03. The van der Waals surface area contributed by atoms with Crippen LogP contribution in [0.3, 0.4) is 0 Å². The summed E-state index contributed by atoms with van der Waals surface area (Å²) in [6.45, 7) is 4.33. The van der Waals surface area contributed by atoms with Crippen molar-refractivity contribution >= 4 is 5.71 Å². The van der Waals surface area contributed by atoms with Crippen molar-refractivity contribution in [3.8, 4) is 5.75 Å². The van der Waals surface area contributed by atoms with E-state index in [0.717, 1.165) is 24.3 Å². The molecule has 1 aromatic rings. The summed E-state index contributed by atoms with van der Waals surface area (Å²) >= 11 is 0. The van der Waals surface area contributed by atoms with Gasteiger partial charge in [0.15, 0.2) is 0 Å². The number of hydrogen-bond donors (Lipinski definition) is 0. The summed E-state index contributed by atoms with van der Waals surface area (Å²) in [6.07, 6.45) is 3.40. The van der Waals surface area contributed by atoms with Crippen molar-refractivity contribution in [3.05, 3.63) is 43.0 Å². The van der Waals surface area contributed by atoms with Gasteiger partial charge in [-0.05, 0) is 31.1 Å². The summed E-state index contributed by atoms with van der Waals surface area (Å²) in [5, 5.41) is 3.83. The van der Waals surface area contributed by atoms with Crippen molar-refractivity contribution in [2.24, 2.45) is 5.16 Å². The molecule has 0 radical (unpaired) electrons. The smallest absolute Gasteiger partial charge is 0.119 e. The molecule has 86 valence electrons. The Balaban J connectivity index is 2.21. The second kappa shape index (κ2) is 7.51. The lowest BCUT2D eigenvalue weighted by Gasteiger charge is -2.05. The molecule has 0 saturated carbocycles. The fraction of sp³-hybridized carbons (Fsp3) is 0.308. The van der Waals surface area contributed by atoms with Crippen LogP contribution >= 0.6 is 0 Å². The van der Waals surface area contributed by atoms with Crippen molar-refractivity contribution in [1.29, 1.82) is 0 Å². The lowest BCUT2D eigenvalue weighted by molar-refractivity contribution is 0.212. The number of allylic oxidation sites excluding steroid dienone is 1. The van der Waals surface area contributed by atoms with Crippen LogP contribution in [0.25, 0.3) is 0 Å². The fourth-order valence-electron chi connectivity index (χ4n) is 1.26. The van der Waals surface area contributed by atoms with Crippen LogP contribution < -0.4 is 4.74 Å². The van der Waals surface area contributed by atoms with Gasteiger partial charge in [-0.15, -0.1) is 0 Å². The Kier molecular flexibility index (Phi) is 5.78. The number of ether oxygens (including phenoxy) is 1. The molecule has 0 aromatic heterocycles. The minimum Gasteiger partial charge on any atom is -0.494 e. The van der Waals surface area contributed by atoms with E-state index >= 15 is 0 Å². The van der Waals surface area contributed by atoms with Gasteiger partial charge in [0.05, 0.1) is 12.3 Å². The van der Waals surface area contributed by atoms with Crippen LogP contribution in [0.4, 0.5) is 0 Å². The van der Waals surface area contributed by atoms with Crippen LogP contribution in [-0.2, 0) is 4.84 Å². The SMILES string of the molecule is C=C/C(CCCOc1ccccc1)=N\OC. The summed E-state index contributed by atoms with van der Waals surface area (Å²) < 4.78 is 5.55. The van der Waals surface area contributed by atoms with E-state index in [1.165, 1.54) is 7.11 Å². The molecule has 0 aliphatic heterocycles. The number of oxime groups is 1. The Morgan fingerprint density at radius 2 is 2.12 bits per heavy atom. The Bertz CT molecular complexity index is 333. The maximum Gasteiger partial charge on any atom is 0.119 e. The first-order chi connectivity index (χ1) is 7.86. The number of para-hydroxylation sites is 1. The van der Waals surface area contributed by atoms with E-state index in [1.54, 1.807) is 6.08 Å². The van der Waals surface area contributed by atoms with Gasteiger partial charge in [0.2, 0.25) is 0 Å². The zero-order chi connectivity index (χ0) is 11.6. The number of hydrogen-bond acceptors (Lipinski definition) is 3. The average molecular weight is 219 g/mol. The highest BCUT2D eigenvalue weighted by atomic mass is 16.6. The van der Waals surface area contributed by atoms with Crippen LogP contribution in [0, 0.1) is 0 Å². The molecule has 0 spiro atoms. The van der Waals surface area contributed by atoms with Gasteiger partial charge in [0.25, 0.3) is 0 Å². The molecule has 16 heavy (non-hydrogen) atoms. The molecule has 0 atom stereocenters. The number of benzene rings is 1. The van der Waals surface area contributed by atoms with Gasteiger partial charge in [0.1, 0.15) is 12.9 Å². The van der Waals surface area contributed by atoms with Crippen molar-refractivity contribution < 1.29 is 9.57 Å². The van der Waals surface area contributed by atoms with E-state index < -0.39 is 0 Å².